The van der Waals surface area contributed by atoms with Crippen molar-refractivity contribution >= 4 is 33.4 Å². The minimum absolute atomic E-state index is 0.00161. The van der Waals surface area contributed by atoms with Gasteiger partial charge in [-0.2, -0.15) is 0 Å². The first-order valence-electron chi connectivity index (χ1n) is 9.80. The molecule has 0 aliphatic carbocycles. The molecule has 1 heterocycles. The van der Waals surface area contributed by atoms with Crippen molar-refractivity contribution in [2.75, 3.05) is 34.3 Å². The molecule has 164 valence electrons. The van der Waals surface area contributed by atoms with Gasteiger partial charge in [0.1, 0.15) is 5.76 Å². The molecular weight excluding hydrogens is 464 g/mol. The van der Waals surface area contributed by atoms with Crippen LogP contribution < -0.4 is 4.74 Å². The zero-order valence-corrected chi connectivity index (χ0v) is 19.2. The first kappa shape index (κ1) is 22.8. The first-order chi connectivity index (χ1) is 14.7. The minimum atomic E-state index is -0.817. The Hall–Kier alpha value is -2.84. The van der Waals surface area contributed by atoms with Gasteiger partial charge in [0.15, 0.2) is 11.5 Å². The topological polar surface area (TPSA) is 90.3 Å². The van der Waals surface area contributed by atoms with Crippen molar-refractivity contribution in [3.05, 3.63) is 63.6 Å². The fraction of sp³-hybridized carbons (Fsp3) is 0.304. The molecule has 1 aliphatic heterocycles. The number of rotatable bonds is 7. The average Bonchev–Trinajstić information content (AvgIpc) is 2.98. The number of aliphatic hydroxyl groups excluding tert-OH is 1. The number of phenolic OH excluding ortho intramolecular Hbond substituents is 1. The van der Waals surface area contributed by atoms with Gasteiger partial charge in [0.2, 0.25) is 0 Å². The van der Waals surface area contributed by atoms with E-state index in [-0.39, 0.29) is 22.8 Å². The highest BCUT2D eigenvalue weighted by Crippen LogP contribution is 2.41. The molecule has 3 rings (SSSR count). The highest BCUT2D eigenvalue weighted by molar-refractivity contribution is 9.10. The van der Waals surface area contributed by atoms with Gasteiger partial charge in [-0.3, -0.25) is 9.59 Å². The lowest BCUT2D eigenvalue weighted by Gasteiger charge is -2.26. The summed E-state index contributed by atoms with van der Waals surface area (Å²) in [5.41, 5.74) is 0.944. The van der Waals surface area contributed by atoms with Gasteiger partial charge >= 0.3 is 0 Å². The van der Waals surface area contributed by atoms with Crippen molar-refractivity contribution in [1.29, 1.82) is 0 Å². The number of ketones is 1. The smallest absolute Gasteiger partial charge is 0.295 e. The zero-order chi connectivity index (χ0) is 22.7. The van der Waals surface area contributed by atoms with Crippen molar-refractivity contribution in [2.45, 2.75) is 12.5 Å². The van der Waals surface area contributed by atoms with E-state index in [4.69, 9.17) is 4.74 Å². The summed E-state index contributed by atoms with van der Waals surface area (Å²) in [5, 5.41) is 21.3. The van der Waals surface area contributed by atoms with E-state index in [1.807, 2.05) is 19.0 Å². The van der Waals surface area contributed by atoms with Gasteiger partial charge in [-0.25, -0.2) is 0 Å². The Labute approximate surface area is 189 Å². The second kappa shape index (κ2) is 9.53. The van der Waals surface area contributed by atoms with Crippen LogP contribution in [0.15, 0.2) is 52.5 Å². The van der Waals surface area contributed by atoms with Crippen LogP contribution in [0.25, 0.3) is 5.76 Å². The highest BCUT2D eigenvalue weighted by Gasteiger charge is 2.46. The van der Waals surface area contributed by atoms with Crippen LogP contribution in [0.3, 0.4) is 0 Å². The van der Waals surface area contributed by atoms with Crippen LogP contribution >= 0.6 is 15.9 Å². The number of amides is 1. The van der Waals surface area contributed by atoms with E-state index < -0.39 is 17.7 Å². The molecule has 0 bridgehead atoms. The molecule has 1 fully saturated rings. The maximum Gasteiger partial charge on any atom is 0.295 e. The maximum absolute atomic E-state index is 13.0. The van der Waals surface area contributed by atoms with Gasteiger partial charge in [-0.05, 0) is 56.9 Å². The molecule has 2 aromatic carbocycles. The van der Waals surface area contributed by atoms with E-state index in [9.17, 15) is 19.8 Å². The molecule has 0 radical (unpaired) electrons. The fourth-order valence-corrected chi connectivity index (χ4v) is 3.92. The first-order valence-corrected chi connectivity index (χ1v) is 10.6. The number of Topliss-reactive ketones (excluding diaryl/α,β-unsaturated/α-hetero) is 1. The largest absolute Gasteiger partial charge is 0.507 e. The van der Waals surface area contributed by atoms with Gasteiger partial charge in [0, 0.05) is 16.6 Å². The number of halogens is 1. The molecule has 0 saturated carbocycles. The molecule has 1 amide bonds. The molecule has 31 heavy (non-hydrogen) atoms. The third kappa shape index (κ3) is 4.75. The molecular formula is C23H25BrN2O5. The number of phenols is 1. The number of aromatic hydroxyl groups is 1. The van der Waals surface area contributed by atoms with Crippen molar-refractivity contribution < 1.29 is 24.5 Å². The summed E-state index contributed by atoms with van der Waals surface area (Å²) in [6.45, 7) is 1.06. The molecule has 1 aliphatic rings. The maximum atomic E-state index is 13.0. The number of aliphatic hydroxyl groups is 1. The summed E-state index contributed by atoms with van der Waals surface area (Å²) in [4.78, 5) is 29.3. The molecule has 8 heteroatoms. The van der Waals surface area contributed by atoms with E-state index >= 15 is 0 Å². The second-order valence-electron chi connectivity index (χ2n) is 7.59. The average molecular weight is 489 g/mol. The Morgan fingerprint density at radius 3 is 2.42 bits per heavy atom. The Kier molecular flexibility index (Phi) is 7.02. The number of benzene rings is 2. The Morgan fingerprint density at radius 2 is 1.84 bits per heavy atom. The zero-order valence-electron chi connectivity index (χ0n) is 17.6. The molecule has 1 saturated heterocycles. The van der Waals surface area contributed by atoms with E-state index in [2.05, 4.69) is 15.9 Å². The van der Waals surface area contributed by atoms with Crippen molar-refractivity contribution in [3.8, 4) is 11.5 Å². The Morgan fingerprint density at radius 1 is 1.16 bits per heavy atom. The Bertz CT molecular complexity index is 1020. The van der Waals surface area contributed by atoms with Gasteiger partial charge in [-0.1, -0.05) is 34.1 Å². The van der Waals surface area contributed by atoms with Crippen molar-refractivity contribution in [1.82, 2.24) is 9.80 Å². The standard InChI is InChI=1S/C23H25BrN2O5/c1-25(2)11-4-12-26-20(15-7-10-18(31-3)17(27)13-15)19(22(29)23(26)30)21(28)14-5-8-16(24)9-6-14/h5-10,13,20,27-28H,4,11-12H2,1-3H3/b21-19-. The molecule has 7 nitrogen and oxygen atoms in total. The number of hydrogen-bond acceptors (Lipinski definition) is 6. The summed E-state index contributed by atoms with van der Waals surface area (Å²) in [7, 11) is 5.30. The number of nitrogens with zero attached hydrogens (tertiary/aromatic N) is 2. The monoisotopic (exact) mass is 488 g/mol. The summed E-state index contributed by atoms with van der Waals surface area (Å²) >= 11 is 3.35. The van der Waals surface area contributed by atoms with Crippen LogP contribution in [0.2, 0.25) is 0 Å². The number of carbonyl (C=O) groups excluding carboxylic acids is 2. The summed E-state index contributed by atoms with van der Waals surface area (Å²) in [6.07, 6.45) is 0.650. The third-order valence-corrected chi connectivity index (χ3v) is 5.71. The highest BCUT2D eigenvalue weighted by atomic mass is 79.9. The molecule has 0 spiro atoms. The molecule has 1 unspecified atom stereocenters. The van der Waals surface area contributed by atoms with E-state index in [1.54, 1.807) is 36.4 Å². The number of ether oxygens (including phenoxy) is 1. The van der Waals surface area contributed by atoms with Crippen molar-refractivity contribution in [3.63, 3.8) is 0 Å². The van der Waals surface area contributed by atoms with E-state index in [0.29, 0.717) is 24.1 Å². The molecule has 1 atom stereocenters. The lowest BCUT2D eigenvalue weighted by Crippen LogP contribution is -2.32. The lowest BCUT2D eigenvalue weighted by molar-refractivity contribution is -0.139. The normalized spacial score (nSPS) is 18.1. The van der Waals surface area contributed by atoms with Gasteiger partial charge in [-0.15, -0.1) is 0 Å². The molecule has 2 aromatic rings. The quantitative estimate of drug-likeness (QED) is 0.352. The van der Waals surface area contributed by atoms with Crippen LogP contribution in [-0.4, -0.2) is 66.0 Å². The van der Waals surface area contributed by atoms with Crippen LogP contribution in [-0.2, 0) is 9.59 Å². The lowest BCUT2D eigenvalue weighted by atomic mass is 9.95. The number of methoxy groups -OCH3 is 1. The van der Waals surface area contributed by atoms with Gasteiger partial charge in [0.05, 0.1) is 18.7 Å². The van der Waals surface area contributed by atoms with Crippen LogP contribution in [0.4, 0.5) is 0 Å². The SMILES string of the molecule is COc1ccc(C2/C(=C(/O)c3ccc(Br)cc3)C(=O)C(=O)N2CCCN(C)C)cc1O. The number of carbonyl (C=O) groups is 2. The van der Waals surface area contributed by atoms with Crippen LogP contribution in [0.5, 0.6) is 11.5 Å². The second-order valence-corrected chi connectivity index (χ2v) is 8.50. The summed E-state index contributed by atoms with van der Waals surface area (Å²) < 4.78 is 5.93. The van der Waals surface area contributed by atoms with Gasteiger partial charge < -0.3 is 24.7 Å². The van der Waals surface area contributed by atoms with Gasteiger partial charge in [0.25, 0.3) is 11.7 Å². The predicted molar refractivity (Wildman–Crippen MR) is 121 cm³/mol. The van der Waals surface area contributed by atoms with Crippen LogP contribution in [0.1, 0.15) is 23.6 Å². The predicted octanol–water partition coefficient (Wildman–Crippen LogP) is 3.54. The Balaban J connectivity index is 2.11. The minimum Gasteiger partial charge on any atom is -0.507 e. The number of hydrogen-bond donors (Lipinski definition) is 2. The van der Waals surface area contributed by atoms with E-state index in [1.165, 1.54) is 18.1 Å². The molecule has 2 N–H and O–H groups in total. The summed E-state index contributed by atoms with van der Waals surface area (Å²) in [6, 6.07) is 10.7. The molecule has 0 aromatic heterocycles. The van der Waals surface area contributed by atoms with Crippen molar-refractivity contribution in [2.24, 2.45) is 0 Å². The third-order valence-electron chi connectivity index (χ3n) is 5.18. The summed E-state index contributed by atoms with van der Waals surface area (Å²) in [5.74, 6) is -1.49. The van der Waals surface area contributed by atoms with Crippen LogP contribution in [0, 0.1) is 0 Å². The number of likely N-dealkylation sites (tertiary alicyclic amines) is 1. The van der Waals surface area contributed by atoms with E-state index in [0.717, 1.165) is 11.0 Å². The fourth-order valence-electron chi connectivity index (χ4n) is 3.65.